The number of hydrogen-bond acceptors (Lipinski definition) is 5. The highest BCUT2D eigenvalue weighted by molar-refractivity contribution is 6.13. The SMILES string of the molecule is CCCCCC(=O)OC1(OO)c2ccccc2C(=O)c2cc(C)ccc21. The largest absolute Gasteiger partial charge is 0.421 e. The molecular weight excluding hydrogens is 332 g/mol. The van der Waals surface area contributed by atoms with Crippen LogP contribution in [-0.2, 0) is 20.2 Å². The van der Waals surface area contributed by atoms with E-state index in [9.17, 15) is 14.8 Å². The van der Waals surface area contributed by atoms with Crippen LogP contribution in [0.4, 0.5) is 0 Å². The maximum Gasteiger partial charge on any atom is 0.308 e. The van der Waals surface area contributed by atoms with Gasteiger partial charge >= 0.3 is 5.97 Å². The molecule has 1 unspecified atom stereocenters. The number of carbonyl (C=O) groups excluding carboxylic acids is 2. The van der Waals surface area contributed by atoms with Crippen molar-refractivity contribution in [1.29, 1.82) is 0 Å². The first-order valence-electron chi connectivity index (χ1n) is 8.83. The van der Waals surface area contributed by atoms with Crippen LogP contribution in [0.5, 0.6) is 0 Å². The fourth-order valence-electron chi connectivity index (χ4n) is 3.35. The molecule has 0 aliphatic heterocycles. The lowest BCUT2D eigenvalue weighted by atomic mass is 9.80. The second kappa shape index (κ2) is 7.40. The van der Waals surface area contributed by atoms with Gasteiger partial charge in [0.25, 0.3) is 5.79 Å². The van der Waals surface area contributed by atoms with Gasteiger partial charge in [-0.05, 0) is 19.4 Å². The Morgan fingerprint density at radius 1 is 1.08 bits per heavy atom. The molecule has 0 saturated carbocycles. The summed E-state index contributed by atoms with van der Waals surface area (Å²) < 4.78 is 5.65. The van der Waals surface area contributed by atoms with Crippen LogP contribution in [0, 0.1) is 6.92 Å². The van der Waals surface area contributed by atoms with E-state index in [4.69, 9.17) is 9.62 Å². The summed E-state index contributed by atoms with van der Waals surface area (Å²) in [5.41, 5.74) is 2.25. The fourth-order valence-corrected chi connectivity index (χ4v) is 3.35. The summed E-state index contributed by atoms with van der Waals surface area (Å²) in [6.45, 7) is 3.91. The van der Waals surface area contributed by atoms with Gasteiger partial charge in [-0.2, -0.15) is 4.89 Å². The second-order valence-corrected chi connectivity index (χ2v) is 6.56. The third kappa shape index (κ3) is 3.04. The maximum absolute atomic E-state index is 12.9. The zero-order valence-corrected chi connectivity index (χ0v) is 15.0. The molecule has 0 spiro atoms. The first-order valence-corrected chi connectivity index (χ1v) is 8.83. The number of fused-ring (bicyclic) bond motifs is 2. The quantitative estimate of drug-likeness (QED) is 0.274. The number of ether oxygens (including phenoxy) is 1. The van der Waals surface area contributed by atoms with Crippen molar-refractivity contribution in [3.63, 3.8) is 0 Å². The summed E-state index contributed by atoms with van der Waals surface area (Å²) in [5.74, 6) is -2.51. The van der Waals surface area contributed by atoms with Gasteiger partial charge in [-0.15, -0.1) is 0 Å². The summed E-state index contributed by atoms with van der Waals surface area (Å²) in [7, 11) is 0. The van der Waals surface area contributed by atoms with E-state index in [2.05, 4.69) is 0 Å². The van der Waals surface area contributed by atoms with E-state index in [0.717, 1.165) is 18.4 Å². The molecule has 2 aromatic rings. The van der Waals surface area contributed by atoms with Crippen molar-refractivity contribution in [1.82, 2.24) is 0 Å². The fraction of sp³-hybridized carbons (Fsp3) is 0.333. The summed E-state index contributed by atoms with van der Waals surface area (Å²) >= 11 is 0. The molecule has 5 heteroatoms. The number of unbranched alkanes of at least 4 members (excludes halogenated alkanes) is 2. The van der Waals surface area contributed by atoms with E-state index in [0.29, 0.717) is 28.7 Å². The van der Waals surface area contributed by atoms with Crippen molar-refractivity contribution in [2.45, 2.75) is 45.3 Å². The van der Waals surface area contributed by atoms with Crippen molar-refractivity contribution in [3.05, 3.63) is 70.3 Å². The Morgan fingerprint density at radius 3 is 2.54 bits per heavy atom. The van der Waals surface area contributed by atoms with Crippen molar-refractivity contribution < 1.29 is 24.5 Å². The van der Waals surface area contributed by atoms with Crippen LogP contribution in [0.15, 0.2) is 42.5 Å². The van der Waals surface area contributed by atoms with E-state index in [1.54, 1.807) is 42.5 Å². The third-order valence-corrected chi connectivity index (χ3v) is 4.67. The van der Waals surface area contributed by atoms with E-state index >= 15 is 0 Å². The van der Waals surface area contributed by atoms with Gasteiger partial charge in [0.1, 0.15) is 0 Å². The van der Waals surface area contributed by atoms with Crippen molar-refractivity contribution in [2.24, 2.45) is 0 Å². The van der Waals surface area contributed by atoms with Gasteiger partial charge in [-0.1, -0.05) is 61.7 Å². The highest BCUT2D eigenvalue weighted by Gasteiger charge is 2.49. The first-order chi connectivity index (χ1) is 12.5. The second-order valence-electron chi connectivity index (χ2n) is 6.56. The van der Waals surface area contributed by atoms with Gasteiger partial charge in [-0.3, -0.25) is 9.59 Å². The number of rotatable bonds is 6. The lowest BCUT2D eigenvalue weighted by Crippen LogP contribution is -2.41. The average molecular weight is 354 g/mol. The Balaban J connectivity index is 2.10. The highest BCUT2D eigenvalue weighted by Crippen LogP contribution is 2.43. The molecule has 26 heavy (non-hydrogen) atoms. The van der Waals surface area contributed by atoms with Crippen molar-refractivity contribution in [3.8, 4) is 0 Å². The van der Waals surface area contributed by atoms with Crippen LogP contribution >= 0.6 is 0 Å². The Bertz CT molecular complexity index is 842. The van der Waals surface area contributed by atoms with Crippen LogP contribution in [0.3, 0.4) is 0 Å². The molecule has 1 atom stereocenters. The van der Waals surface area contributed by atoms with Crippen LogP contribution < -0.4 is 0 Å². The summed E-state index contributed by atoms with van der Waals surface area (Å²) in [4.78, 5) is 30.1. The lowest BCUT2D eigenvalue weighted by molar-refractivity contribution is -0.384. The van der Waals surface area contributed by atoms with Gasteiger partial charge in [0.05, 0.1) is 0 Å². The van der Waals surface area contributed by atoms with Crippen molar-refractivity contribution in [2.75, 3.05) is 0 Å². The number of benzene rings is 2. The topological polar surface area (TPSA) is 72.8 Å². The zero-order chi connectivity index (χ0) is 18.7. The van der Waals surface area contributed by atoms with Crippen LogP contribution in [0.25, 0.3) is 0 Å². The standard InChI is InChI=1S/C21H22O5/c1-3-4-5-10-19(22)25-21(26-24)17-9-7-6-8-15(17)20(23)16-13-14(2)11-12-18(16)21/h6-9,11-13,24H,3-5,10H2,1-2H3. The van der Waals surface area contributed by atoms with Gasteiger partial charge < -0.3 is 4.74 Å². The van der Waals surface area contributed by atoms with Gasteiger partial charge in [-0.25, -0.2) is 5.26 Å². The average Bonchev–Trinajstić information content (AvgIpc) is 2.65. The molecule has 0 heterocycles. The molecular formula is C21H22O5. The first kappa shape index (κ1) is 18.3. The lowest BCUT2D eigenvalue weighted by Gasteiger charge is -2.36. The van der Waals surface area contributed by atoms with Gasteiger partial charge in [0.15, 0.2) is 5.78 Å². The Labute approximate surface area is 152 Å². The Morgan fingerprint density at radius 2 is 1.81 bits per heavy atom. The highest BCUT2D eigenvalue weighted by atomic mass is 17.1. The summed E-state index contributed by atoms with van der Waals surface area (Å²) in [6, 6.07) is 11.9. The van der Waals surface area contributed by atoms with E-state index in [1.807, 2.05) is 13.8 Å². The van der Waals surface area contributed by atoms with Gasteiger partial charge in [0.2, 0.25) is 0 Å². The molecule has 1 aliphatic rings. The summed E-state index contributed by atoms with van der Waals surface area (Å²) in [5, 5.41) is 9.82. The molecule has 0 fully saturated rings. The molecule has 0 bridgehead atoms. The van der Waals surface area contributed by atoms with E-state index in [1.165, 1.54) is 0 Å². The molecule has 1 N–H and O–H groups in total. The third-order valence-electron chi connectivity index (χ3n) is 4.67. The molecule has 0 saturated heterocycles. The number of carbonyl (C=O) groups is 2. The van der Waals surface area contributed by atoms with E-state index in [-0.39, 0.29) is 12.2 Å². The summed E-state index contributed by atoms with van der Waals surface area (Å²) in [6.07, 6.45) is 2.80. The van der Waals surface area contributed by atoms with Gasteiger partial charge in [0, 0.05) is 28.7 Å². The molecule has 1 aliphatic carbocycles. The minimum Gasteiger partial charge on any atom is -0.421 e. The zero-order valence-electron chi connectivity index (χ0n) is 15.0. The number of aryl methyl sites for hydroxylation is 1. The minimum absolute atomic E-state index is 0.186. The number of esters is 1. The van der Waals surface area contributed by atoms with E-state index < -0.39 is 11.8 Å². The molecule has 136 valence electrons. The molecule has 0 amide bonds. The smallest absolute Gasteiger partial charge is 0.308 e. The van der Waals surface area contributed by atoms with Crippen LogP contribution in [0.1, 0.15) is 65.2 Å². The van der Waals surface area contributed by atoms with Crippen LogP contribution in [0.2, 0.25) is 0 Å². The molecule has 3 rings (SSSR count). The number of hydrogen-bond donors (Lipinski definition) is 1. The molecule has 0 aromatic heterocycles. The molecule has 5 nitrogen and oxygen atoms in total. The maximum atomic E-state index is 12.9. The minimum atomic E-state index is -1.84. The van der Waals surface area contributed by atoms with Crippen molar-refractivity contribution >= 4 is 11.8 Å². The Hall–Kier alpha value is -2.50. The Kier molecular flexibility index (Phi) is 5.20. The molecule has 0 radical (unpaired) electrons. The normalized spacial score (nSPS) is 18.2. The molecule has 2 aromatic carbocycles. The van der Waals surface area contributed by atoms with Crippen LogP contribution in [-0.4, -0.2) is 17.0 Å². The monoisotopic (exact) mass is 354 g/mol. The predicted molar refractivity (Wildman–Crippen MR) is 95.8 cm³/mol. The predicted octanol–water partition coefficient (Wildman–Crippen LogP) is 4.35. The number of ketones is 1.